The van der Waals surface area contributed by atoms with Crippen LogP contribution in [-0.4, -0.2) is 126 Å². The van der Waals surface area contributed by atoms with Gasteiger partial charge in [0.1, 0.15) is 40.9 Å². The highest BCUT2D eigenvalue weighted by Crippen LogP contribution is 2.45. The number of likely N-dealkylation sites (tertiary alicyclic amines) is 1. The Labute approximate surface area is 362 Å². The third-order valence-electron chi connectivity index (χ3n) is 11.1. The molecule has 0 spiro atoms. The van der Waals surface area contributed by atoms with Gasteiger partial charge in [0.2, 0.25) is 21.8 Å². The number of hydrogen-bond donors (Lipinski definition) is 5. The van der Waals surface area contributed by atoms with Gasteiger partial charge in [0.05, 0.1) is 31.1 Å². The van der Waals surface area contributed by atoms with Crippen molar-refractivity contribution in [1.29, 1.82) is 0 Å². The number of nitrogens with zero attached hydrogens (tertiary/aromatic N) is 4. The van der Waals surface area contributed by atoms with Crippen LogP contribution in [0, 0.1) is 16.7 Å². The SMILES string of the molecule is C=CC1C[C@]1(NC(=O)[C@@H]1C[C@@H](Oc2cc(-c3csc(NC(C)C)n3)nc3cc(OC)ccc23)CN1C(=O)[C@@H](NC(=O)NC(CN(C)S(C)(=O)=O)C(C)(C)C)C(C)(C)C)C(=O)O. The fourth-order valence-corrected chi connectivity index (χ4v) is 8.46. The van der Waals surface area contributed by atoms with Crippen LogP contribution in [0.3, 0.4) is 0 Å². The molecular weight excluding hydrogens is 825 g/mol. The number of hydrogen-bond acceptors (Lipinski definition) is 12. The summed E-state index contributed by atoms with van der Waals surface area (Å²) in [5, 5.41) is 25.1. The van der Waals surface area contributed by atoms with E-state index < -0.39 is 80.4 Å². The number of carboxylic acid groups (broad SMARTS) is 1. The summed E-state index contributed by atoms with van der Waals surface area (Å²) >= 11 is 1.44. The van der Waals surface area contributed by atoms with Gasteiger partial charge in [-0.25, -0.2) is 32.3 Å². The van der Waals surface area contributed by atoms with Crippen molar-refractivity contribution in [3.05, 3.63) is 42.3 Å². The van der Waals surface area contributed by atoms with Crippen LogP contribution in [0.2, 0.25) is 0 Å². The Morgan fingerprint density at radius 3 is 2.33 bits per heavy atom. The minimum atomic E-state index is -3.57. The minimum absolute atomic E-state index is 0.00647. The Morgan fingerprint density at radius 2 is 1.77 bits per heavy atom. The molecule has 1 aliphatic heterocycles. The van der Waals surface area contributed by atoms with E-state index in [0.717, 1.165) is 15.7 Å². The highest BCUT2D eigenvalue weighted by atomic mass is 32.2. The van der Waals surface area contributed by atoms with Crippen LogP contribution < -0.4 is 30.7 Å². The number of amides is 4. The molecule has 19 heteroatoms. The summed E-state index contributed by atoms with van der Waals surface area (Å²) < 4.78 is 37.9. The second-order valence-corrected chi connectivity index (χ2v) is 21.3. The number of likely N-dealkylation sites (N-methyl/N-ethyl adjacent to an activating group) is 1. The van der Waals surface area contributed by atoms with Crippen LogP contribution in [-0.2, 0) is 24.4 Å². The number of sulfonamides is 1. The maximum Gasteiger partial charge on any atom is 0.330 e. The fraction of sp³-hybridized carbons (Fsp3) is 0.571. The predicted octanol–water partition coefficient (Wildman–Crippen LogP) is 4.70. The normalized spacial score (nSPS) is 21.5. The number of methoxy groups -OCH3 is 1. The monoisotopic (exact) mass is 884 g/mol. The van der Waals surface area contributed by atoms with Crippen molar-refractivity contribution in [2.45, 2.75) is 104 Å². The predicted molar refractivity (Wildman–Crippen MR) is 235 cm³/mol. The molecule has 1 aliphatic carbocycles. The van der Waals surface area contributed by atoms with Gasteiger partial charge in [-0.2, -0.15) is 0 Å². The van der Waals surface area contributed by atoms with Gasteiger partial charge in [-0.15, -0.1) is 17.9 Å². The molecule has 2 unspecified atom stereocenters. The largest absolute Gasteiger partial charge is 0.497 e. The van der Waals surface area contributed by atoms with E-state index >= 15 is 0 Å². The quantitative estimate of drug-likeness (QED) is 0.124. The third kappa shape index (κ3) is 10.9. The van der Waals surface area contributed by atoms with Crippen LogP contribution in [0.15, 0.2) is 42.3 Å². The number of nitrogens with one attached hydrogen (secondary N) is 4. The van der Waals surface area contributed by atoms with Gasteiger partial charge in [0.25, 0.3) is 0 Å². The van der Waals surface area contributed by atoms with Crippen LogP contribution >= 0.6 is 11.3 Å². The third-order valence-corrected chi connectivity index (χ3v) is 13.1. The molecule has 17 nitrogen and oxygen atoms in total. The van der Waals surface area contributed by atoms with Crippen LogP contribution in [0.25, 0.3) is 22.3 Å². The van der Waals surface area contributed by atoms with Crippen molar-refractivity contribution < 1.29 is 42.2 Å². The standard InChI is InChI=1S/C42H60N8O9S2/c1-13-24-19-42(24,37(53)54)48-35(51)31-17-26(59-32-18-29(30-22-60-39(45-30)43-23(2)3)44-28-16-25(58-11)14-15-27(28)32)20-50(31)36(52)34(41(7,8)9)47-38(55)46-33(40(4,5)6)21-49(10)61(12,56)57/h13-16,18,22-24,26,31,33-34H,1,17,19-21H2,2-12H3,(H,43,45)(H,48,51)(H,53,54)(H2,46,47,55)/t24?,26-,31+,33?,34-,42-/m1/s1. The number of aromatic nitrogens is 2. The Morgan fingerprint density at radius 1 is 1.08 bits per heavy atom. The minimum Gasteiger partial charge on any atom is -0.497 e. The lowest BCUT2D eigenvalue weighted by Crippen LogP contribution is -2.62. The van der Waals surface area contributed by atoms with E-state index in [1.54, 1.807) is 46.1 Å². The first-order chi connectivity index (χ1) is 28.3. The van der Waals surface area contributed by atoms with E-state index in [0.29, 0.717) is 33.8 Å². The molecule has 3 heterocycles. The summed E-state index contributed by atoms with van der Waals surface area (Å²) in [4.78, 5) is 66.3. The van der Waals surface area contributed by atoms with E-state index in [9.17, 15) is 32.7 Å². The number of fused-ring (bicyclic) bond motifs is 1. The van der Waals surface area contributed by atoms with E-state index in [4.69, 9.17) is 19.4 Å². The Balaban J connectivity index is 1.49. The molecule has 0 bridgehead atoms. The maximum absolute atomic E-state index is 14.9. The molecule has 334 valence electrons. The van der Waals surface area contributed by atoms with Gasteiger partial charge in [-0.3, -0.25) is 9.59 Å². The van der Waals surface area contributed by atoms with Gasteiger partial charge < -0.3 is 40.7 Å². The van der Waals surface area contributed by atoms with Gasteiger partial charge >= 0.3 is 12.0 Å². The highest BCUT2D eigenvalue weighted by molar-refractivity contribution is 7.88. The van der Waals surface area contributed by atoms with E-state index in [2.05, 4.69) is 27.8 Å². The number of thiazole rings is 1. The first kappa shape index (κ1) is 47.0. The number of benzene rings is 1. The summed E-state index contributed by atoms with van der Waals surface area (Å²) in [6, 6.07) is 3.54. The molecule has 61 heavy (non-hydrogen) atoms. The van der Waals surface area contributed by atoms with Crippen LogP contribution in [0.4, 0.5) is 9.93 Å². The molecule has 5 N–H and O–H groups in total. The Hall–Kier alpha value is -5.01. The summed E-state index contributed by atoms with van der Waals surface area (Å²) in [5.74, 6) is -2.00. The molecular formula is C42H60N8O9S2. The Kier molecular flexibility index (Phi) is 13.7. The molecule has 2 aliphatic rings. The van der Waals surface area contributed by atoms with Crippen molar-refractivity contribution in [2.24, 2.45) is 16.7 Å². The molecule has 0 radical (unpaired) electrons. The zero-order valence-electron chi connectivity index (χ0n) is 36.8. The summed E-state index contributed by atoms with van der Waals surface area (Å²) in [5.41, 5.74) is -1.35. The van der Waals surface area contributed by atoms with Crippen molar-refractivity contribution in [1.82, 2.24) is 35.1 Å². The smallest absolute Gasteiger partial charge is 0.330 e. The second kappa shape index (κ2) is 17.8. The lowest BCUT2D eigenvalue weighted by molar-refractivity contribution is -0.146. The van der Waals surface area contributed by atoms with Gasteiger partial charge in [-0.1, -0.05) is 47.6 Å². The number of pyridine rings is 1. The first-order valence-corrected chi connectivity index (χ1v) is 22.8. The molecule has 3 aromatic rings. The number of anilines is 1. The highest BCUT2D eigenvalue weighted by Gasteiger charge is 2.61. The first-order valence-electron chi connectivity index (χ1n) is 20.1. The number of carboxylic acids is 1. The molecule has 1 saturated heterocycles. The van der Waals surface area contributed by atoms with Crippen molar-refractivity contribution in [2.75, 3.05) is 38.8 Å². The Bertz CT molecular complexity index is 2270. The molecule has 4 amide bonds. The van der Waals surface area contributed by atoms with E-state index in [1.165, 1.54) is 29.4 Å². The van der Waals surface area contributed by atoms with Gasteiger partial charge in [0, 0.05) is 60.9 Å². The van der Waals surface area contributed by atoms with E-state index in [-0.39, 0.29) is 32.0 Å². The zero-order chi connectivity index (χ0) is 45.4. The molecule has 6 atom stereocenters. The number of carbonyl (C=O) groups excluding carboxylic acids is 3. The number of aliphatic carboxylic acids is 1. The summed E-state index contributed by atoms with van der Waals surface area (Å²) in [6.07, 6.45) is 1.94. The summed E-state index contributed by atoms with van der Waals surface area (Å²) in [6.45, 7) is 18.5. The zero-order valence-corrected chi connectivity index (χ0v) is 38.4. The lowest BCUT2D eigenvalue weighted by atomic mass is 9.85. The molecule has 1 aromatic carbocycles. The number of carbonyl (C=O) groups is 4. The second-order valence-electron chi connectivity index (χ2n) is 18.4. The average Bonchev–Trinajstić information content (AvgIpc) is 3.43. The van der Waals surface area contributed by atoms with Crippen molar-refractivity contribution in [3.8, 4) is 22.9 Å². The van der Waals surface area contributed by atoms with Crippen molar-refractivity contribution in [3.63, 3.8) is 0 Å². The number of ether oxygens (including phenoxy) is 2. The summed E-state index contributed by atoms with van der Waals surface area (Å²) in [7, 11) is -0.589. The maximum atomic E-state index is 14.9. The molecule has 1 saturated carbocycles. The van der Waals surface area contributed by atoms with Crippen LogP contribution in [0.5, 0.6) is 11.5 Å². The van der Waals surface area contributed by atoms with Gasteiger partial charge in [-0.05, 0) is 43.2 Å². The number of rotatable bonds is 16. The molecule has 5 rings (SSSR count). The molecule has 2 aromatic heterocycles. The van der Waals surface area contributed by atoms with E-state index in [1.807, 2.05) is 46.1 Å². The fourth-order valence-electron chi connectivity index (χ4n) is 7.18. The number of urea groups is 1. The van der Waals surface area contributed by atoms with Gasteiger partial charge in [0.15, 0.2) is 5.13 Å². The van der Waals surface area contributed by atoms with Crippen molar-refractivity contribution >= 4 is 61.2 Å². The molecule has 2 fully saturated rings. The topological polar surface area (TPSA) is 221 Å². The van der Waals surface area contributed by atoms with Crippen LogP contribution in [0.1, 0.15) is 68.2 Å². The average molecular weight is 885 g/mol. The lowest BCUT2D eigenvalue weighted by Gasteiger charge is -2.37.